The van der Waals surface area contributed by atoms with E-state index in [0.29, 0.717) is 18.0 Å². The molecule has 2 rings (SSSR count). The number of halogens is 1. The van der Waals surface area contributed by atoms with Crippen LogP contribution in [-0.4, -0.2) is 17.9 Å². The number of amides is 1. The van der Waals surface area contributed by atoms with Crippen LogP contribution < -0.4 is 0 Å². The largest absolute Gasteiger partial charge is 0.341 e. The Morgan fingerprint density at radius 2 is 1.80 bits per heavy atom. The predicted molar refractivity (Wildman–Crippen MR) is 82.8 cm³/mol. The number of carbonyl (C=O) groups is 1. The molecule has 2 aromatic rings. The number of benzene rings is 2. The van der Waals surface area contributed by atoms with Gasteiger partial charge in [0, 0.05) is 18.6 Å². The third kappa shape index (κ3) is 4.10. The number of hydrogen-bond acceptors (Lipinski definition) is 1. The lowest BCUT2D eigenvalue weighted by Crippen LogP contribution is -2.27. The molecule has 0 saturated heterocycles. The average Bonchev–Trinajstić information content (AvgIpc) is 2.41. The highest BCUT2D eigenvalue weighted by Crippen LogP contribution is 2.13. The van der Waals surface area contributed by atoms with Crippen LogP contribution >= 0.6 is 11.6 Å². The molecule has 0 aliphatic heterocycles. The number of nitrogens with zero attached hydrogens (tertiary/aromatic N) is 1. The zero-order valence-electron chi connectivity index (χ0n) is 11.8. The van der Waals surface area contributed by atoms with Crippen LogP contribution in [0.15, 0.2) is 48.5 Å². The number of aryl methyl sites for hydroxylation is 1. The summed E-state index contributed by atoms with van der Waals surface area (Å²) in [5, 5.41) is 0.696. The first kappa shape index (κ1) is 14.6. The lowest BCUT2D eigenvalue weighted by atomic mass is 10.1. The van der Waals surface area contributed by atoms with Crippen LogP contribution in [-0.2, 0) is 17.8 Å². The molecule has 0 radical (unpaired) electrons. The first-order valence-electron chi connectivity index (χ1n) is 6.58. The summed E-state index contributed by atoms with van der Waals surface area (Å²) in [7, 11) is 1.82. The summed E-state index contributed by atoms with van der Waals surface area (Å²) >= 11 is 5.95. The van der Waals surface area contributed by atoms with E-state index in [1.54, 1.807) is 4.90 Å². The van der Waals surface area contributed by atoms with Gasteiger partial charge in [0.1, 0.15) is 0 Å². The Hall–Kier alpha value is -1.80. The maximum Gasteiger partial charge on any atom is 0.227 e. The van der Waals surface area contributed by atoms with Crippen molar-refractivity contribution in [3.8, 4) is 0 Å². The fraction of sp³-hybridized carbons (Fsp3) is 0.235. The molecule has 0 atom stereocenters. The van der Waals surface area contributed by atoms with Gasteiger partial charge in [-0.05, 0) is 30.2 Å². The smallest absolute Gasteiger partial charge is 0.227 e. The lowest BCUT2D eigenvalue weighted by Gasteiger charge is -2.17. The van der Waals surface area contributed by atoms with Gasteiger partial charge in [-0.3, -0.25) is 4.79 Å². The first-order valence-corrected chi connectivity index (χ1v) is 6.96. The van der Waals surface area contributed by atoms with Crippen molar-refractivity contribution in [3.63, 3.8) is 0 Å². The van der Waals surface area contributed by atoms with Gasteiger partial charge in [-0.2, -0.15) is 0 Å². The van der Waals surface area contributed by atoms with Gasteiger partial charge in [0.05, 0.1) is 6.42 Å². The number of hydrogen-bond donors (Lipinski definition) is 0. The van der Waals surface area contributed by atoms with Crippen LogP contribution in [0.2, 0.25) is 5.02 Å². The minimum Gasteiger partial charge on any atom is -0.341 e. The monoisotopic (exact) mass is 287 g/mol. The molecular weight excluding hydrogens is 270 g/mol. The molecule has 0 unspecified atom stereocenters. The first-order chi connectivity index (χ1) is 9.54. The van der Waals surface area contributed by atoms with Crippen LogP contribution in [0.5, 0.6) is 0 Å². The van der Waals surface area contributed by atoms with Crippen LogP contribution in [0.25, 0.3) is 0 Å². The van der Waals surface area contributed by atoms with E-state index in [4.69, 9.17) is 11.6 Å². The summed E-state index contributed by atoms with van der Waals surface area (Å²) in [6, 6.07) is 15.6. The summed E-state index contributed by atoms with van der Waals surface area (Å²) in [6.07, 6.45) is 0.428. The Kier molecular flexibility index (Phi) is 4.80. The maximum atomic E-state index is 12.2. The van der Waals surface area contributed by atoms with E-state index in [-0.39, 0.29) is 5.91 Å². The van der Waals surface area contributed by atoms with E-state index < -0.39 is 0 Å². The Morgan fingerprint density at radius 1 is 1.10 bits per heavy atom. The highest BCUT2D eigenvalue weighted by atomic mass is 35.5. The van der Waals surface area contributed by atoms with Crippen molar-refractivity contribution in [2.24, 2.45) is 0 Å². The molecule has 0 aliphatic rings. The topological polar surface area (TPSA) is 20.3 Å². The Morgan fingerprint density at radius 3 is 2.45 bits per heavy atom. The summed E-state index contributed by atoms with van der Waals surface area (Å²) in [5.41, 5.74) is 3.28. The molecule has 0 aliphatic carbocycles. The molecule has 0 spiro atoms. The highest BCUT2D eigenvalue weighted by molar-refractivity contribution is 6.30. The van der Waals surface area contributed by atoms with E-state index in [1.165, 1.54) is 5.56 Å². The van der Waals surface area contributed by atoms with Crippen molar-refractivity contribution in [1.29, 1.82) is 0 Å². The van der Waals surface area contributed by atoms with Gasteiger partial charge in [-0.15, -0.1) is 0 Å². The standard InChI is InChI=1S/C17H18ClNO/c1-13-6-8-14(9-7-13)11-17(20)19(2)12-15-4-3-5-16(18)10-15/h3-10H,11-12H2,1-2H3. The van der Waals surface area contributed by atoms with Crippen molar-refractivity contribution < 1.29 is 4.79 Å². The molecule has 0 aromatic heterocycles. The zero-order valence-corrected chi connectivity index (χ0v) is 12.5. The molecule has 104 valence electrons. The quantitative estimate of drug-likeness (QED) is 0.836. The molecule has 0 fully saturated rings. The second-order valence-corrected chi connectivity index (χ2v) is 5.48. The molecule has 0 heterocycles. The molecule has 1 amide bonds. The van der Waals surface area contributed by atoms with Gasteiger partial charge in [0.15, 0.2) is 0 Å². The predicted octanol–water partition coefficient (Wildman–Crippen LogP) is 3.85. The van der Waals surface area contributed by atoms with Gasteiger partial charge in [0.2, 0.25) is 5.91 Å². The van der Waals surface area contributed by atoms with E-state index in [0.717, 1.165) is 11.1 Å². The van der Waals surface area contributed by atoms with Crippen LogP contribution in [0.4, 0.5) is 0 Å². The van der Waals surface area contributed by atoms with Crippen molar-refractivity contribution in [3.05, 3.63) is 70.2 Å². The van der Waals surface area contributed by atoms with Crippen molar-refractivity contribution in [2.45, 2.75) is 19.9 Å². The maximum absolute atomic E-state index is 12.2. The third-order valence-corrected chi connectivity index (χ3v) is 3.45. The van der Waals surface area contributed by atoms with Gasteiger partial charge in [-0.25, -0.2) is 0 Å². The van der Waals surface area contributed by atoms with Crippen molar-refractivity contribution in [1.82, 2.24) is 4.90 Å². The minimum atomic E-state index is 0.105. The third-order valence-electron chi connectivity index (χ3n) is 3.21. The van der Waals surface area contributed by atoms with Gasteiger partial charge in [-0.1, -0.05) is 53.6 Å². The summed E-state index contributed by atoms with van der Waals surface area (Å²) in [5.74, 6) is 0.105. The number of rotatable bonds is 4. The molecule has 0 bridgehead atoms. The van der Waals surface area contributed by atoms with E-state index in [1.807, 2.05) is 62.5 Å². The second-order valence-electron chi connectivity index (χ2n) is 5.04. The molecule has 0 N–H and O–H groups in total. The summed E-state index contributed by atoms with van der Waals surface area (Å²) in [4.78, 5) is 13.9. The van der Waals surface area contributed by atoms with Crippen molar-refractivity contribution >= 4 is 17.5 Å². The van der Waals surface area contributed by atoms with Gasteiger partial charge < -0.3 is 4.90 Å². The highest BCUT2D eigenvalue weighted by Gasteiger charge is 2.10. The van der Waals surface area contributed by atoms with Gasteiger partial charge >= 0.3 is 0 Å². The van der Waals surface area contributed by atoms with Crippen LogP contribution in [0, 0.1) is 6.92 Å². The molecule has 3 heteroatoms. The Balaban J connectivity index is 1.96. The fourth-order valence-corrected chi connectivity index (χ4v) is 2.23. The molecule has 0 saturated carbocycles. The second kappa shape index (κ2) is 6.58. The normalized spacial score (nSPS) is 10.3. The Bertz CT molecular complexity index is 592. The summed E-state index contributed by atoms with van der Waals surface area (Å²) in [6.45, 7) is 2.61. The van der Waals surface area contributed by atoms with Crippen molar-refractivity contribution in [2.75, 3.05) is 7.05 Å². The molecule has 2 nitrogen and oxygen atoms in total. The van der Waals surface area contributed by atoms with Gasteiger partial charge in [0.25, 0.3) is 0 Å². The van der Waals surface area contributed by atoms with E-state index in [2.05, 4.69) is 0 Å². The molecular formula is C17H18ClNO. The number of carbonyl (C=O) groups excluding carboxylic acids is 1. The van der Waals surface area contributed by atoms with E-state index >= 15 is 0 Å². The number of likely N-dealkylation sites (N-methyl/N-ethyl adjacent to an activating group) is 1. The lowest BCUT2D eigenvalue weighted by molar-refractivity contribution is -0.129. The summed E-state index contributed by atoms with van der Waals surface area (Å²) < 4.78 is 0. The molecule has 20 heavy (non-hydrogen) atoms. The zero-order chi connectivity index (χ0) is 14.5. The Labute approximate surface area is 125 Å². The average molecular weight is 288 g/mol. The van der Waals surface area contributed by atoms with Crippen LogP contribution in [0.3, 0.4) is 0 Å². The SMILES string of the molecule is Cc1ccc(CC(=O)N(C)Cc2cccc(Cl)c2)cc1. The molecule has 2 aromatic carbocycles. The van der Waals surface area contributed by atoms with Crippen LogP contribution in [0.1, 0.15) is 16.7 Å². The van der Waals surface area contributed by atoms with E-state index in [9.17, 15) is 4.79 Å². The minimum absolute atomic E-state index is 0.105. The fourth-order valence-electron chi connectivity index (χ4n) is 2.01.